The largest absolute Gasteiger partial charge is 0.417 e. The molecule has 0 saturated carbocycles. The van der Waals surface area contributed by atoms with Crippen LogP contribution in [0.25, 0.3) is 5.65 Å². The van der Waals surface area contributed by atoms with E-state index in [2.05, 4.69) is 20.8 Å². The zero-order valence-corrected chi connectivity index (χ0v) is 12.1. The minimum absolute atomic E-state index is 0.0641. The van der Waals surface area contributed by atoms with Crippen molar-refractivity contribution >= 4 is 11.6 Å². The molecule has 0 aromatic carbocycles. The Bertz CT molecular complexity index is 772. The molecule has 1 atom stereocenters. The van der Waals surface area contributed by atoms with E-state index in [1.165, 1.54) is 0 Å². The summed E-state index contributed by atoms with van der Waals surface area (Å²) in [7, 11) is 0. The van der Waals surface area contributed by atoms with Crippen LogP contribution in [-0.2, 0) is 17.5 Å². The number of nitrogens with zero attached hydrogens (tertiary/aromatic N) is 3. The van der Waals surface area contributed by atoms with Crippen LogP contribution in [0.15, 0.2) is 18.3 Å². The molecule has 1 fully saturated rings. The molecule has 0 radical (unpaired) electrons. The average molecular weight is 349 g/mol. The Hall–Kier alpha value is -2.30. The van der Waals surface area contributed by atoms with Crippen LogP contribution in [0.3, 0.4) is 0 Å². The van der Waals surface area contributed by atoms with E-state index < -0.39 is 42.6 Å². The first-order valence-electron chi connectivity index (χ1n) is 6.95. The average Bonchev–Trinajstić information content (AvgIpc) is 3.06. The van der Waals surface area contributed by atoms with Crippen LogP contribution in [0.2, 0.25) is 0 Å². The van der Waals surface area contributed by atoms with Gasteiger partial charge < -0.3 is 5.32 Å². The van der Waals surface area contributed by atoms with E-state index in [1.54, 1.807) is 0 Å². The number of halogens is 5. The molecular weight excluding hydrogens is 337 g/mol. The highest BCUT2D eigenvalue weighted by atomic mass is 19.4. The SMILES string of the molecule is O=C(NCc1nnc2ccc(C(F)(F)F)cn12)C1CC(F)(F)CN1. The normalized spacial score (nSPS) is 20.5. The number of fused-ring (bicyclic) bond motifs is 1. The second kappa shape index (κ2) is 5.65. The molecule has 2 N–H and O–H groups in total. The van der Waals surface area contributed by atoms with Gasteiger partial charge in [0.15, 0.2) is 11.5 Å². The number of alkyl halides is 5. The number of amides is 1. The van der Waals surface area contributed by atoms with Crippen LogP contribution in [0, 0.1) is 0 Å². The monoisotopic (exact) mass is 349 g/mol. The molecule has 1 aliphatic heterocycles. The van der Waals surface area contributed by atoms with Gasteiger partial charge >= 0.3 is 6.18 Å². The topological polar surface area (TPSA) is 71.3 Å². The maximum Gasteiger partial charge on any atom is 0.417 e. The molecule has 24 heavy (non-hydrogen) atoms. The van der Waals surface area contributed by atoms with Gasteiger partial charge in [-0.1, -0.05) is 0 Å². The first kappa shape index (κ1) is 16.6. The van der Waals surface area contributed by atoms with Crippen LogP contribution in [0.1, 0.15) is 17.8 Å². The molecule has 1 saturated heterocycles. The summed E-state index contributed by atoms with van der Waals surface area (Å²) in [4.78, 5) is 11.8. The molecule has 0 aliphatic carbocycles. The maximum absolute atomic E-state index is 13.1. The van der Waals surface area contributed by atoms with Gasteiger partial charge in [-0.15, -0.1) is 10.2 Å². The van der Waals surface area contributed by atoms with Gasteiger partial charge in [-0.05, 0) is 12.1 Å². The summed E-state index contributed by atoms with van der Waals surface area (Å²) in [6.45, 7) is -0.820. The first-order valence-corrected chi connectivity index (χ1v) is 6.95. The van der Waals surface area contributed by atoms with Crippen LogP contribution in [0.5, 0.6) is 0 Å². The van der Waals surface area contributed by atoms with Crippen molar-refractivity contribution in [3.8, 4) is 0 Å². The minimum Gasteiger partial charge on any atom is -0.347 e. The Labute approximate surface area is 132 Å². The number of aromatic nitrogens is 3. The molecule has 6 nitrogen and oxygen atoms in total. The van der Waals surface area contributed by atoms with Crippen molar-refractivity contribution in [1.29, 1.82) is 0 Å². The smallest absolute Gasteiger partial charge is 0.347 e. The molecule has 0 spiro atoms. The van der Waals surface area contributed by atoms with E-state index in [1.807, 2.05) is 0 Å². The molecule has 2 aromatic heterocycles. The molecule has 3 rings (SSSR count). The van der Waals surface area contributed by atoms with Crippen molar-refractivity contribution in [1.82, 2.24) is 25.2 Å². The van der Waals surface area contributed by atoms with Crippen molar-refractivity contribution in [2.24, 2.45) is 0 Å². The van der Waals surface area contributed by atoms with E-state index >= 15 is 0 Å². The van der Waals surface area contributed by atoms with Gasteiger partial charge in [0.1, 0.15) is 0 Å². The summed E-state index contributed by atoms with van der Waals surface area (Å²) in [5.74, 6) is -3.56. The summed E-state index contributed by atoms with van der Waals surface area (Å²) < 4.78 is 65.4. The summed E-state index contributed by atoms with van der Waals surface area (Å²) in [5, 5.41) is 12.2. The molecule has 1 unspecified atom stereocenters. The van der Waals surface area contributed by atoms with E-state index in [4.69, 9.17) is 0 Å². The molecule has 1 amide bonds. The fourth-order valence-corrected chi connectivity index (χ4v) is 2.42. The van der Waals surface area contributed by atoms with E-state index in [-0.39, 0.29) is 18.0 Å². The molecule has 0 bridgehead atoms. The Kier molecular flexibility index (Phi) is 3.90. The van der Waals surface area contributed by atoms with Gasteiger partial charge in [0, 0.05) is 12.6 Å². The Balaban J connectivity index is 1.72. The maximum atomic E-state index is 13.1. The third-order valence-corrected chi connectivity index (χ3v) is 3.65. The van der Waals surface area contributed by atoms with Crippen molar-refractivity contribution in [3.05, 3.63) is 29.7 Å². The predicted molar refractivity (Wildman–Crippen MR) is 71.2 cm³/mol. The number of pyridine rings is 1. The zero-order chi connectivity index (χ0) is 17.5. The van der Waals surface area contributed by atoms with Crippen molar-refractivity contribution in [3.63, 3.8) is 0 Å². The Morgan fingerprint density at radius 2 is 2.12 bits per heavy atom. The fourth-order valence-electron chi connectivity index (χ4n) is 2.42. The van der Waals surface area contributed by atoms with Crippen LogP contribution < -0.4 is 10.6 Å². The lowest BCUT2D eigenvalue weighted by molar-refractivity contribution is -0.137. The standard InChI is InChI=1S/C13H12F5N5O/c14-12(15)3-8(20-6-12)11(24)19-4-10-22-21-9-2-1-7(5-23(9)10)13(16,17)18/h1-2,5,8,20H,3-4,6H2,(H,19,24). The minimum atomic E-state index is -4.53. The lowest BCUT2D eigenvalue weighted by Gasteiger charge is -2.11. The van der Waals surface area contributed by atoms with Gasteiger partial charge in [-0.2, -0.15) is 13.2 Å². The van der Waals surface area contributed by atoms with Gasteiger partial charge in [-0.25, -0.2) is 8.78 Å². The number of carbonyl (C=O) groups excluding carboxylic acids is 1. The number of nitrogens with one attached hydrogen (secondary N) is 2. The molecule has 11 heteroatoms. The molecule has 2 aromatic rings. The lowest BCUT2D eigenvalue weighted by Crippen LogP contribution is -2.40. The number of carbonyl (C=O) groups is 1. The Morgan fingerprint density at radius 1 is 1.38 bits per heavy atom. The van der Waals surface area contributed by atoms with Crippen LogP contribution >= 0.6 is 0 Å². The van der Waals surface area contributed by atoms with Crippen LogP contribution in [-0.4, -0.2) is 39.0 Å². The third-order valence-electron chi connectivity index (χ3n) is 3.65. The summed E-state index contributed by atoms with van der Waals surface area (Å²) in [6.07, 6.45) is -4.34. The number of hydrogen-bond donors (Lipinski definition) is 2. The molecule has 130 valence electrons. The van der Waals surface area contributed by atoms with Crippen molar-refractivity contribution in [2.75, 3.05) is 6.54 Å². The van der Waals surface area contributed by atoms with E-state index in [0.29, 0.717) is 0 Å². The molecule has 1 aliphatic rings. The highest BCUT2D eigenvalue weighted by Crippen LogP contribution is 2.29. The molecular formula is C13H12F5N5O. The van der Waals surface area contributed by atoms with Gasteiger partial charge in [0.2, 0.25) is 5.91 Å². The van der Waals surface area contributed by atoms with Gasteiger partial charge in [-0.3, -0.25) is 14.5 Å². The highest BCUT2D eigenvalue weighted by Gasteiger charge is 2.42. The number of hydrogen-bond acceptors (Lipinski definition) is 4. The lowest BCUT2D eigenvalue weighted by atomic mass is 10.2. The highest BCUT2D eigenvalue weighted by molar-refractivity contribution is 5.82. The number of rotatable bonds is 3. The summed E-state index contributed by atoms with van der Waals surface area (Å²) in [6, 6.07) is 0.974. The summed E-state index contributed by atoms with van der Waals surface area (Å²) >= 11 is 0. The van der Waals surface area contributed by atoms with E-state index in [9.17, 15) is 26.7 Å². The van der Waals surface area contributed by atoms with Crippen LogP contribution in [0.4, 0.5) is 22.0 Å². The van der Waals surface area contributed by atoms with Gasteiger partial charge in [0.05, 0.1) is 24.7 Å². The second-order valence-electron chi connectivity index (χ2n) is 5.47. The first-order chi connectivity index (χ1) is 11.2. The summed E-state index contributed by atoms with van der Waals surface area (Å²) in [5.41, 5.74) is -0.711. The van der Waals surface area contributed by atoms with Gasteiger partial charge in [0.25, 0.3) is 5.92 Å². The quantitative estimate of drug-likeness (QED) is 0.821. The Morgan fingerprint density at radius 3 is 2.75 bits per heavy atom. The van der Waals surface area contributed by atoms with Crippen molar-refractivity contribution in [2.45, 2.75) is 31.1 Å². The predicted octanol–water partition coefficient (Wildman–Crippen LogP) is 1.36. The van der Waals surface area contributed by atoms with E-state index in [0.717, 1.165) is 22.7 Å². The van der Waals surface area contributed by atoms with Crippen molar-refractivity contribution < 1.29 is 26.7 Å². The molecule has 3 heterocycles. The third kappa shape index (κ3) is 3.30. The fraction of sp³-hybridized carbons (Fsp3) is 0.462. The second-order valence-corrected chi connectivity index (χ2v) is 5.47. The zero-order valence-electron chi connectivity index (χ0n) is 12.1.